The van der Waals surface area contributed by atoms with Crippen LogP contribution in [0.5, 0.6) is 0 Å². The van der Waals surface area contributed by atoms with Gasteiger partial charge in [0.25, 0.3) is 0 Å². The molecule has 1 spiro atoms. The van der Waals surface area contributed by atoms with Gasteiger partial charge >= 0.3 is 5.97 Å². The van der Waals surface area contributed by atoms with Gasteiger partial charge in [0.2, 0.25) is 17.7 Å². The van der Waals surface area contributed by atoms with E-state index in [9.17, 15) is 24.3 Å². The summed E-state index contributed by atoms with van der Waals surface area (Å²) in [6, 6.07) is 7.76. The molecule has 3 fully saturated rings. The number of halogens is 1. The number of aliphatic hydroxyl groups is 1. The molecule has 11 heteroatoms. The number of cyclic esters (lactones) is 1. The Morgan fingerprint density at radius 1 is 1.00 bits per heavy atom. The van der Waals surface area contributed by atoms with E-state index in [0.29, 0.717) is 30.3 Å². The molecule has 7 atom stereocenters. The van der Waals surface area contributed by atoms with E-state index < -0.39 is 47.7 Å². The van der Waals surface area contributed by atoms with Crippen LogP contribution in [0.4, 0.5) is 0 Å². The topological polar surface area (TPSA) is 125 Å². The number of carbonyl (C=O) groups is 4. The van der Waals surface area contributed by atoms with E-state index in [1.807, 2.05) is 60.4 Å². The highest BCUT2D eigenvalue weighted by atomic mass is 79.9. The number of rotatable bonds is 6. The van der Waals surface area contributed by atoms with Crippen molar-refractivity contribution in [1.82, 2.24) is 15.1 Å². The summed E-state index contributed by atoms with van der Waals surface area (Å²) in [4.78, 5) is 60.1. The minimum absolute atomic E-state index is 0.0143. The fourth-order valence-electron chi connectivity index (χ4n) is 8.10. The molecule has 10 nitrogen and oxygen atoms in total. The van der Waals surface area contributed by atoms with Crippen LogP contribution in [0.3, 0.4) is 0 Å². The molecule has 4 heterocycles. The summed E-state index contributed by atoms with van der Waals surface area (Å²) in [6.45, 7) is 2.40. The zero-order valence-corrected chi connectivity index (χ0v) is 27.9. The number of ether oxygens (including phenoxy) is 2. The molecule has 5 aliphatic rings. The number of hydrogen-bond acceptors (Lipinski definition) is 7. The lowest BCUT2D eigenvalue weighted by Crippen LogP contribution is -2.58. The molecule has 248 valence electrons. The highest BCUT2D eigenvalue weighted by Crippen LogP contribution is 2.59. The number of nitrogens with one attached hydrogen (secondary N) is 1. The van der Waals surface area contributed by atoms with Crippen LogP contribution < -0.4 is 5.32 Å². The summed E-state index contributed by atoms with van der Waals surface area (Å²) in [5, 5.41) is 12.5. The van der Waals surface area contributed by atoms with Gasteiger partial charge in [-0.15, -0.1) is 0 Å². The van der Waals surface area contributed by atoms with Gasteiger partial charge in [0, 0.05) is 36.6 Å². The lowest BCUT2D eigenvalue weighted by Gasteiger charge is -2.40. The molecule has 2 N–H and O–H groups in total. The minimum atomic E-state index is -1.34. The minimum Gasteiger partial charge on any atom is -0.455 e. The Morgan fingerprint density at radius 3 is 2.50 bits per heavy atom. The second-order valence-corrected chi connectivity index (χ2v) is 14.1. The predicted octanol–water partition coefficient (Wildman–Crippen LogP) is 3.93. The number of aliphatic hydroxyl groups excluding tert-OH is 1. The number of fused-ring (bicyclic) bond motifs is 2. The standard InChI is InChI=1S/C35H44BrN3O7/c1-22-29(23-13-5-2-6-14-23)45-34(44)27-28-32(42)39(19-11-12-20-40)31(35(28)21-25(36)30(27)46-35)33(43)38(24-15-7-3-8-16-24)18-10-4-9-17-26(41)37-22/h2,4-6,10,13-14,21-22,24,27-31,40H,3,7-9,11-12,15-20H2,1H3,(H,37,41)/b10-4-/t22-,27+,28-,29+,30+,31+,35-/m0/s1. The lowest BCUT2D eigenvalue weighted by atomic mass is 9.74. The number of unbranched alkanes of at least 4 members (excludes halogenated alkanes) is 1. The number of likely N-dealkylation sites (tertiary alicyclic amines) is 1. The maximum absolute atomic E-state index is 14.9. The van der Waals surface area contributed by atoms with Gasteiger partial charge in [-0.3, -0.25) is 19.2 Å². The van der Waals surface area contributed by atoms with Gasteiger partial charge in [-0.1, -0.05) is 77.7 Å². The molecule has 46 heavy (non-hydrogen) atoms. The Labute approximate surface area is 278 Å². The number of allylic oxidation sites excluding steroid dienone is 1. The average Bonchev–Trinajstić information content (AvgIpc) is 3.65. The molecule has 5 bridgehead atoms. The molecular formula is C35H44BrN3O7. The Hall–Kier alpha value is -3.02. The van der Waals surface area contributed by atoms with Crippen LogP contribution >= 0.6 is 15.9 Å². The number of amides is 3. The second kappa shape index (κ2) is 14.0. The molecule has 2 saturated heterocycles. The number of hydrogen-bond donors (Lipinski definition) is 2. The van der Waals surface area contributed by atoms with Crippen molar-refractivity contribution < 1.29 is 33.8 Å². The summed E-state index contributed by atoms with van der Waals surface area (Å²) in [5.74, 6) is -3.22. The maximum atomic E-state index is 14.9. The van der Waals surface area contributed by atoms with E-state index in [1.54, 1.807) is 4.90 Å². The zero-order valence-electron chi connectivity index (χ0n) is 26.3. The van der Waals surface area contributed by atoms with Gasteiger partial charge in [0.05, 0.1) is 12.0 Å². The van der Waals surface area contributed by atoms with Crippen molar-refractivity contribution >= 4 is 39.6 Å². The monoisotopic (exact) mass is 697 g/mol. The first-order valence-corrected chi connectivity index (χ1v) is 17.5. The van der Waals surface area contributed by atoms with Crippen LogP contribution in [-0.2, 0) is 28.7 Å². The Kier molecular flexibility index (Phi) is 10.0. The lowest BCUT2D eigenvalue weighted by molar-refractivity contribution is -0.161. The fourth-order valence-corrected chi connectivity index (χ4v) is 8.83. The van der Waals surface area contributed by atoms with Gasteiger partial charge in [0.15, 0.2) is 0 Å². The van der Waals surface area contributed by atoms with Crippen LogP contribution in [0.2, 0.25) is 0 Å². The molecule has 6 rings (SSSR count). The van der Waals surface area contributed by atoms with Crippen molar-refractivity contribution in [2.24, 2.45) is 11.8 Å². The quantitative estimate of drug-likeness (QED) is 0.262. The summed E-state index contributed by atoms with van der Waals surface area (Å²) in [5.41, 5.74) is -0.623. The number of esters is 1. The Morgan fingerprint density at radius 2 is 1.76 bits per heavy atom. The van der Waals surface area contributed by atoms with Gasteiger partial charge in [0.1, 0.15) is 29.8 Å². The maximum Gasteiger partial charge on any atom is 0.313 e. The fraction of sp³-hybridized carbons (Fsp3) is 0.600. The van der Waals surface area contributed by atoms with Crippen molar-refractivity contribution in [2.75, 3.05) is 19.7 Å². The average molecular weight is 699 g/mol. The van der Waals surface area contributed by atoms with E-state index >= 15 is 0 Å². The summed E-state index contributed by atoms with van der Waals surface area (Å²) >= 11 is 3.62. The smallest absolute Gasteiger partial charge is 0.313 e. The van der Waals surface area contributed by atoms with Gasteiger partial charge in [-0.25, -0.2) is 0 Å². The first-order valence-electron chi connectivity index (χ1n) is 16.7. The molecule has 1 aromatic carbocycles. The molecular weight excluding hydrogens is 654 g/mol. The molecule has 0 aromatic heterocycles. The molecule has 0 radical (unpaired) electrons. The van der Waals surface area contributed by atoms with Crippen molar-refractivity contribution in [1.29, 1.82) is 0 Å². The number of carbonyl (C=O) groups excluding carboxylic acids is 4. The van der Waals surface area contributed by atoms with E-state index in [1.165, 1.54) is 0 Å². The van der Waals surface area contributed by atoms with E-state index in [4.69, 9.17) is 9.47 Å². The van der Waals surface area contributed by atoms with Crippen LogP contribution in [0.1, 0.15) is 76.4 Å². The first-order chi connectivity index (χ1) is 22.3. The molecule has 0 unspecified atom stereocenters. The predicted molar refractivity (Wildman–Crippen MR) is 173 cm³/mol. The Balaban J connectivity index is 1.43. The van der Waals surface area contributed by atoms with Crippen LogP contribution in [0.15, 0.2) is 53.0 Å². The summed E-state index contributed by atoms with van der Waals surface area (Å²) in [7, 11) is 0. The molecule has 1 aliphatic carbocycles. The second-order valence-electron chi connectivity index (χ2n) is 13.2. The van der Waals surface area contributed by atoms with Gasteiger partial charge in [-0.2, -0.15) is 0 Å². The molecule has 3 amide bonds. The highest BCUT2D eigenvalue weighted by molar-refractivity contribution is 9.11. The number of benzene rings is 1. The van der Waals surface area contributed by atoms with Crippen molar-refractivity contribution in [3.05, 3.63) is 58.6 Å². The van der Waals surface area contributed by atoms with Gasteiger partial charge < -0.3 is 29.7 Å². The third kappa shape index (κ3) is 6.06. The third-order valence-corrected chi connectivity index (χ3v) is 10.9. The Bertz CT molecular complexity index is 1380. The SMILES string of the molecule is C[C@@H]1NC(=O)CC/C=C\CN(C2CCCCC2)C(=O)[C@H]2N(CCCCO)C(=O)[C@@H]3[C@@H](C(=O)O[C@H]1c1ccccc1)[C@@H]1O[C@@]32C=C1Br. The van der Waals surface area contributed by atoms with Crippen molar-refractivity contribution in [2.45, 2.75) is 101 Å². The largest absolute Gasteiger partial charge is 0.455 e. The normalized spacial score (nSPS) is 34.7. The first kappa shape index (κ1) is 32.9. The molecule has 4 aliphatic heterocycles. The van der Waals surface area contributed by atoms with Crippen molar-refractivity contribution in [3.8, 4) is 0 Å². The number of nitrogens with zero attached hydrogens (tertiary/aromatic N) is 2. The van der Waals surface area contributed by atoms with E-state index in [0.717, 1.165) is 37.7 Å². The summed E-state index contributed by atoms with van der Waals surface area (Å²) < 4.78 is 13.5. The van der Waals surface area contributed by atoms with Crippen LogP contribution in [-0.4, -0.2) is 88.1 Å². The van der Waals surface area contributed by atoms with Crippen LogP contribution in [0.25, 0.3) is 0 Å². The van der Waals surface area contributed by atoms with E-state index in [2.05, 4.69) is 21.2 Å². The third-order valence-electron chi connectivity index (χ3n) is 10.3. The van der Waals surface area contributed by atoms with Gasteiger partial charge in [-0.05, 0) is 50.7 Å². The van der Waals surface area contributed by atoms with Crippen LogP contribution in [0, 0.1) is 11.8 Å². The van der Waals surface area contributed by atoms with Crippen molar-refractivity contribution in [3.63, 3.8) is 0 Å². The molecule has 1 aromatic rings. The molecule has 1 saturated carbocycles. The zero-order chi connectivity index (χ0) is 32.4. The summed E-state index contributed by atoms with van der Waals surface area (Å²) in [6.07, 6.45) is 10.8. The van der Waals surface area contributed by atoms with E-state index in [-0.39, 0.29) is 43.3 Å². The highest BCUT2D eigenvalue weighted by Gasteiger charge is 2.75.